The molecule has 0 atom stereocenters. The molecule has 0 saturated heterocycles. The van der Waals surface area contributed by atoms with Crippen LogP contribution in [-0.2, 0) is 0 Å². The Bertz CT molecular complexity index is 395. The molecule has 0 aliphatic heterocycles. The fourth-order valence-corrected chi connectivity index (χ4v) is 8.08. The maximum absolute atomic E-state index is 2.40. The van der Waals surface area contributed by atoms with E-state index in [1.807, 2.05) is 0 Å². The molecule has 2 bridgehead atoms. The van der Waals surface area contributed by atoms with Gasteiger partial charge < -0.3 is 0 Å². The molecule has 0 heterocycles. The predicted octanol–water partition coefficient (Wildman–Crippen LogP) is 8.15. The van der Waals surface area contributed by atoms with Gasteiger partial charge in [0.25, 0.3) is 0 Å². The molecule has 0 nitrogen and oxygen atoms in total. The third-order valence-corrected chi connectivity index (χ3v) is 10.0. The van der Waals surface area contributed by atoms with Gasteiger partial charge in [-0.15, -0.1) is 0 Å². The molecule has 0 unspecified atom stereocenters. The Morgan fingerprint density at radius 1 is 0.640 bits per heavy atom. The first kappa shape index (κ1) is 18.4. The molecule has 0 spiro atoms. The topological polar surface area (TPSA) is 0 Å². The first-order valence-electron chi connectivity index (χ1n) is 12.2. The summed E-state index contributed by atoms with van der Waals surface area (Å²) in [4.78, 5) is 0. The fourth-order valence-electron chi connectivity index (χ4n) is 8.08. The van der Waals surface area contributed by atoms with Gasteiger partial charge in [0, 0.05) is 0 Å². The van der Waals surface area contributed by atoms with Crippen molar-refractivity contribution in [2.75, 3.05) is 0 Å². The van der Waals surface area contributed by atoms with Gasteiger partial charge in [-0.1, -0.05) is 39.5 Å². The fraction of sp³-hybridized carbons (Fsp3) is 1.00. The predicted molar refractivity (Wildman–Crippen MR) is 109 cm³/mol. The molecule has 5 aliphatic rings. The summed E-state index contributed by atoms with van der Waals surface area (Å²) in [5.74, 6) is 4.39. The lowest BCUT2D eigenvalue weighted by Gasteiger charge is -2.58. The van der Waals surface area contributed by atoms with Crippen LogP contribution in [0.25, 0.3) is 0 Å². The van der Waals surface area contributed by atoms with Gasteiger partial charge in [0.2, 0.25) is 0 Å². The van der Waals surface area contributed by atoms with Gasteiger partial charge in [0.15, 0.2) is 0 Å². The summed E-state index contributed by atoms with van der Waals surface area (Å²) in [6, 6.07) is 0. The van der Waals surface area contributed by atoms with E-state index >= 15 is 0 Å². The molecule has 0 radical (unpaired) electrons. The molecule has 5 aliphatic carbocycles. The molecule has 5 saturated carbocycles. The number of hydrogen-bond donors (Lipinski definition) is 0. The van der Waals surface area contributed by atoms with Gasteiger partial charge in [-0.3, -0.25) is 0 Å². The average molecular weight is 345 g/mol. The SMILES string of the molecule is CCCC12CCC(C3CCC([C@H]4CC[C@H](CC)CC4)CC3)(CC1)CC2. The lowest BCUT2D eigenvalue weighted by atomic mass is 9.47. The van der Waals surface area contributed by atoms with Crippen molar-refractivity contribution in [3.05, 3.63) is 0 Å². The lowest BCUT2D eigenvalue weighted by molar-refractivity contribution is -0.0674. The van der Waals surface area contributed by atoms with Crippen molar-refractivity contribution in [1.29, 1.82) is 0 Å². The molecule has 5 fully saturated rings. The highest BCUT2D eigenvalue weighted by Gasteiger charge is 2.51. The van der Waals surface area contributed by atoms with Crippen LogP contribution in [0.3, 0.4) is 0 Å². The zero-order chi connectivity index (χ0) is 17.3. The molecule has 0 heteroatoms. The van der Waals surface area contributed by atoms with Gasteiger partial charge in [0.1, 0.15) is 0 Å². The summed E-state index contributed by atoms with van der Waals surface area (Å²) in [5, 5.41) is 0. The van der Waals surface area contributed by atoms with Gasteiger partial charge in [0.05, 0.1) is 0 Å². The largest absolute Gasteiger partial charge is 0.0654 e. The monoisotopic (exact) mass is 344 g/mol. The van der Waals surface area contributed by atoms with E-state index in [-0.39, 0.29) is 0 Å². The van der Waals surface area contributed by atoms with E-state index in [9.17, 15) is 0 Å². The zero-order valence-electron chi connectivity index (χ0n) is 17.3. The molecular formula is C25H44. The zero-order valence-corrected chi connectivity index (χ0v) is 17.3. The van der Waals surface area contributed by atoms with Crippen LogP contribution in [0, 0.1) is 34.5 Å². The van der Waals surface area contributed by atoms with Crippen molar-refractivity contribution in [2.24, 2.45) is 34.5 Å². The first-order chi connectivity index (χ1) is 12.2. The molecule has 0 aromatic rings. The molecule has 25 heavy (non-hydrogen) atoms. The Morgan fingerprint density at radius 2 is 1.16 bits per heavy atom. The minimum atomic E-state index is 0.797. The minimum absolute atomic E-state index is 0.797. The molecule has 0 aromatic carbocycles. The molecule has 0 N–H and O–H groups in total. The summed E-state index contributed by atoms with van der Waals surface area (Å²) in [6.45, 7) is 4.81. The van der Waals surface area contributed by atoms with Gasteiger partial charge in [-0.05, 0) is 118 Å². The minimum Gasteiger partial charge on any atom is -0.0654 e. The van der Waals surface area contributed by atoms with Crippen LogP contribution in [0.4, 0.5) is 0 Å². The molecule has 0 amide bonds. The van der Waals surface area contributed by atoms with Crippen LogP contribution >= 0.6 is 0 Å². The second kappa shape index (κ2) is 7.55. The molecular weight excluding hydrogens is 300 g/mol. The number of rotatable bonds is 5. The van der Waals surface area contributed by atoms with Crippen LogP contribution < -0.4 is 0 Å². The van der Waals surface area contributed by atoms with Crippen LogP contribution in [0.1, 0.15) is 123 Å². The van der Waals surface area contributed by atoms with E-state index in [1.165, 1.54) is 19.3 Å². The second-order valence-electron chi connectivity index (χ2n) is 10.9. The van der Waals surface area contributed by atoms with E-state index in [4.69, 9.17) is 0 Å². The molecule has 144 valence electrons. The highest BCUT2D eigenvalue weighted by Crippen LogP contribution is 2.63. The van der Waals surface area contributed by atoms with Crippen molar-refractivity contribution < 1.29 is 0 Å². The average Bonchev–Trinajstić information content (AvgIpc) is 2.70. The Hall–Kier alpha value is 0. The van der Waals surface area contributed by atoms with Crippen LogP contribution in [0.15, 0.2) is 0 Å². The van der Waals surface area contributed by atoms with Crippen molar-refractivity contribution in [2.45, 2.75) is 123 Å². The maximum atomic E-state index is 2.40. The van der Waals surface area contributed by atoms with Crippen molar-refractivity contribution in [3.8, 4) is 0 Å². The van der Waals surface area contributed by atoms with Crippen LogP contribution in [0.5, 0.6) is 0 Å². The van der Waals surface area contributed by atoms with Crippen molar-refractivity contribution >= 4 is 0 Å². The van der Waals surface area contributed by atoms with Crippen molar-refractivity contribution in [3.63, 3.8) is 0 Å². The Labute approximate surface area is 157 Å². The van der Waals surface area contributed by atoms with E-state index in [0.717, 1.165) is 34.5 Å². The summed E-state index contributed by atoms with van der Waals surface area (Å²) < 4.78 is 0. The summed E-state index contributed by atoms with van der Waals surface area (Å²) >= 11 is 0. The maximum Gasteiger partial charge on any atom is -0.0269 e. The van der Waals surface area contributed by atoms with Crippen molar-refractivity contribution in [1.82, 2.24) is 0 Å². The van der Waals surface area contributed by atoms with Gasteiger partial charge in [-0.2, -0.15) is 0 Å². The standard InChI is InChI=1S/C25H44/c1-3-13-24-14-17-25(18-15-24,19-16-24)23-11-9-22(10-12-23)21-7-5-20(4-2)6-8-21/h20-23H,3-19H2,1-2H3/t20-,21-,22?,23?,24?,25?. The third-order valence-electron chi connectivity index (χ3n) is 10.0. The highest BCUT2D eigenvalue weighted by molar-refractivity contribution is 5.02. The summed E-state index contributed by atoms with van der Waals surface area (Å²) in [6.07, 6.45) is 26.5. The normalized spacial score (nSPS) is 47.8. The third kappa shape index (κ3) is 3.58. The first-order valence-corrected chi connectivity index (χ1v) is 12.2. The quantitative estimate of drug-likeness (QED) is 0.472. The van der Waals surface area contributed by atoms with E-state index < -0.39 is 0 Å². The molecule has 5 rings (SSSR count). The Kier molecular flexibility index (Phi) is 5.55. The van der Waals surface area contributed by atoms with E-state index in [1.54, 1.807) is 89.9 Å². The lowest BCUT2D eigenvalue weighted by Crippen LogP contribution is -2.46. The summed E-state index contributed by atoms with van der Waals surface area (Å²) in [5.41, 5.74) is 1.60. The number of fused-ring (bicyclic) bond motifs is 3. The highest BCUT2D eigenvalue weighted by atomic mass is 14.6. The Morgan fingerprint density at radius 3 is 1.64 bits per heavy atom. The second-order valence-corrected chi connectivity index (χ2v) is 10.9. The van der Waals surface area contributed by atoms with E-state index in [2.05, 4.69) is 13.8 Å². The van der Waals surface area contributed by atoms with E-state index in [0.29, 0.717) is 0 Å². The van der Waals surface area contributed by atoms with Gasteiger partial charge >= 0.3 is 0 Å². The smallest absolute Gasteiger partial charge is 0.0269 e. The molecule has 0 aromatic heterocycles. The summed E-state index contributed by atoms with van der Waals surface area (Å²) in [7, 11) is 0. The van der Waals surface area contributed by atoms with Crippen LogP contribution in [0.2, 0.25) is 0 Å². The number of hydrogen-bond acceptors (Lipinski definition) is 0. The van der Waals surface area contributed by atoms with Gasteiger partial charge in [-0.25, -0.2) is 0 Å². The van der Waals surface area contributed by atoms with Crippen LogP contribution in [-0.4, -0.2) is 0 Å². The Balaban J connectivity index is 1.28.